The monoisotopic (exact) mass is 274 g/mol. The zero-order chi connectivity index (χ0) is 13.7. The normalized spacial score (nSPS) is 12.3. The zero-order valence-corrected chi connectivity index (χ0v) is 11.0. The van der Waals surface area contributed by atoms with Gasteiger partial charge in [-0.15, -0.1) is 0 Å². The van der Waals surface area contributed by atoms with Gasteiger partial charge in [-0.1, -0.05) is 25.4 Å². The number of rotatable bonds is 5. The number of carbonyl (C=O) groups is 1. The lowest BCUT2D eigenvalue weighted by Gasteiger charge is -2.14. The Morgan fingerprint density at radius 2 is 2.17 bits per heavy atom. The maximum absolute atomic E-state index is 13.1. The molecule has 0 saturated heterocycles. The second-order valence-electron chi connectivity index (χ2n) is 4.32. The molecular formula is C12H16ClFN2O2. The molecule has 0 spiro atoms. The molecule has 1 unspecified atom stereocenters. The van der Waals surface area contributed by atoms with Gasteiger partial charge < -0.3 is 5.11 Å². The summed E-state index contributed by atoms with van der Waals surface area (Å²) in [5.41, 5.74) is 5.30. The number of aliphatic hydroxyl groups excluding tert-OH is 1. The van der Waals surface area contributed by atoms with E-state index >= 15 is 0 Å². The van der Waals surface area contributed by atoms with Crippen LogP contribution in [0.3, 0.4) is 0 Å². The van der Waals surface area contributed by atoms with Crippen LogP contribution < -0.4 is 10.9 Å². The lowest BCUT2D eigenvalue weighted by atomic mass is 10.0. The molecule has 100 valence electrons. The molecule has 0 aromatic heterocycles. The highest BCUT2D eigenvalue weighted by Gasteiger charge is 2.14. The van der Waals surface area contributed by atoms with E-state index in [-0.39, 0.29) is 23.3 Å². The minimum atomic E-state index is -0.700. The molecule has 0 aliphatic heterocycles. The first-order valence-electron chi connectivity index (χ1n) is 5.58. The Hall–Kier alpha value is -1.33. The SMILES string of the molecule is CC(C)C(O)CC(=O)NNc1ccc(Cl)c(F)c1. The third kappa shape index (κ3) is 4.50. The molecule has 0 fully saturated rings. The van der Waals surface area contributed by atoms with Crippen molar-refractivity contribution in [2.45, 2.75) is 26.4 Å². The maximum Gasteiger partial charge on any atom is 0.240 e. The van der Waals surface area contributed by atoms with Crippen LogP contribution in [0, 0.1) is 11.7 Å². The van der Waals surface area contributed by atoms with E-state index in [2.05, 4.69) is 10.9 Å². The molecule has 1 rings (SSSR count). The average Bonchev–Trinajstić information content (AvgIpc) is 2.30. The number of amides is 1. The largest absolute Gasteiger partial charge is 0.392 e. The van der Waals surface area contributed by atoms with Crippen LogP contribution >= 0.6 is 11.6 Å². The van der Waals surface area contributed by atoms with E-state index in [0.717, 1.165) is 0 Å². The van der Waals surface area contributed by atoms with E-state index in [4.69, 9.17) is 11.6 Å². The van der Waals surface area contributed by atoms with Crippen molar-refractivity contribution in [1.29, 1.82) is 0 Å². The minimum Gasteiger partial charge on any atom is -0.392 e. The summed E-state index contributed by atoms with van der Waals surface area (Å²) in [5.74, 6) is -0.937. The van der Waals surface area contributed by atoms with Crippen molar-refractivity contribution >= 4 is 23.2 Å². The Bertz CT molecular complexity index is 427. The number of aliphatic hydroxyl groups is 1. The van der Waals surface area contributed by atoms with Gasteiger partial charge in [0.25, 0.3) is 0 Å². The quantitative estimate of drug-likeness (QED) is 0.722. The average molecular weight is 275 g/mol. The second kappa shape index (κ2) is 6.56. The number of carbonyl (C=O) groups excluding carboxylic acids is 1. The topological polar surface area (TPSA) is 61.4 Å². The minimum absolute atomic E-state index is 0.00345. The van der Waals surface area contributed by atoms with Gasteiger partial charge in [0, 0.05) is 6.07 Å². The highest BCUT2D eigenvalue weighted by molar-refractivity contribution is 6.30. The van der Waals surface area contributed by atoms with E-state index in [1.807, 2.05) is 13.8 Å². The summed E-state index contributed by atoms with van der Waals surface area (Å²) < 4.78 is 13.1. The van der Waals surface area contributed by atoms with Gasteiger partial charge in [0.1, 0.15) is 5.82 Å². The molecule has 1 amide bonds. The first-order chi connectivity index (χ1) is 8.40. The molecule has 0 bridgehead atoms. The van der Waals surface area contributed by atoms with Gasteiger partial charge in [-0.2, -0.15) is 0 Å². The van der Waals surface area contributed by atoms with Gasteiger partial charge in [-0.3, -0.25) is 15.6 Å². The lowest BCUT2D eigenvalue weighted by molar-refractivity contribution is -0.123. The Kier molecular flexibility index (Phi) is 5.37. The highest BCUT2D eigenvalue weighted by atomic mass is 35.5. The molecule has 1 atom stereocenters. The number of anilines is 1. The van der Waals surface area contributed by atoms with Crippen LogP contribution in [0.25, 0.3) is 0 Å². The van der Waals surface area contributed by atoms with E-state index < -0.39 is 11.9 Å². The Balaban J connectivity index is 2.45. The van der Waals surface area contributed by atoms with E-state index in [9.17, 15) is 14.3 Å². The van der Waals surface area contributed by atoms with Crippen molar-refractivity contribution in [3.8, 4) is 0 Å². The van der Waals surface area contributed by atoms with Crippen LogP contribution in [0.2, 0.25) is 5.02 Å². The molecule has 4 nitrogen and oxygen atoms in total. The van der Waals surface area contributed by atoms with Gasteiger partial charge in [0.05, 0.1) is 23.2 Å². The number of halogens is 2. The van der Waals surface area contributed by atoms with Crippen molar-refractivity contribution in [3.63, 3.8) is 0 Å². The van der Waals surface area contributed by atoms with Crippen LogP contribution in [-0.2, 0) is 4.79 Å². The molecule has 18 heavy (non-hydrogen) atoms. The fourth-order valence-electron chi connectivity index (χ4n) is 1.19. The molecular weight excluding hydrogens is 259 g/mol. The fourth-order valence-corrected chi connectivity index (χ4v) is 1.31. The standard InChI is InChI=1S/C12H16ClFN2O2/c1-7(2)11(17)6-12(18)16-15-8-3-4-9(13)10(14)5-8/h3-5,7,11,15,17H,6H2,1-2H3,(H,16,18). The van der Waals surface area contributed by atoms with Crippen LogP contribution in [-0.4, -0.2) is 17.1 Å². The number of hydrazine groups is 1. The summed E-state index contributed by atoms with van der Waals surface area (Å²) in [6.45, 7) is 3.64. The van der Waals surface area contributed by atoms with Gasteiger partial charge in [0.2, 0.25) is 5.91 Å². The van der Waals surface area contributed by atoms with Gasteiger partial charge in [0.15, 0.2) is 0 Å². The lowest BCUT2D eigenvalue weighted by Crippen LogP contribution is -2.33. The third-order valence-corrected chi connectivity index (χ3v) is 2.74. The van der Waals surface area contributed by atoms with Crippen molar-refractivity contribution in [2.75, 3.05) is 5.43 Å². The van der Waals surface area contributed by atoms with Crippen molar-refractivity contribution in [1.82, 2.24) is 5.43 Å². The third-order valence-electron chi connectivity index (χ3n) is 2.43. The Labute approximate surface area is 110 Å². The van der Waals surface area contributed by atoms with Crippen molar-refractivity contribution in [3.05, 3.63) is 29.0 Å². The highest BCUT2D eigenvalue weighted by Crippen LogP contribution is 2.18. The fraction of sp³-hybridized carbons (Fsp3) is 0.417. The number of hydrogen-bond acceptors (Lipinski definition) is 3. The molecule has 0 radical (unpaired) electrons. The maximum atomic E-state index is 13.1. The van der Waals surface area contributed by atoms with E-state index in [1.165, 1.54) is 18.2 Å². The number of hydrogen-bond donors (Lipinski definition) is 3. The van der Waals surface area contributed by atoms with Crippen LogP contribution in [0.1, 0.15) is 20.3 Å². The summed E-state index contributed by atoms with van der Waals surface area (Å²) in [7, 11) is 0. The molecule has 0 heterocycles. The summed E-state index contributed by atoms with van der Waals surface area (Å²) in [5, 5.41) is 9.52. The van der Waals surface area contributed by atoms with E-state index in [1.54, 1.807) is 0 Å². The van der Waals surface area contributed by atoms with Gasteiger partial charge in [-0.05, 0) is 18.1 Å². The Morgan fingerprint density at radius 3 is 2.72 bits per heavy atom. The predicted molar refractivity (Wildman–Crippen MR) is 68.6 cm³/mol. The molecule has 1 aromatic carbocycles. The first-order valence-corrected chi connectivity index (χ1v) is 5.96. The first kappa shape index (κ1) is 14.7. The van der Waals surface area contributed by atoms with E-state index in [0.29, 0.717) is 5.69 Å². The Morgan fingerprint density at radius 1 is 1.50 bits per heavy atom. The predicted octanol–water partition coefficient (Wildman–Crippen LogP) is 2.33. The van der Waals surface area contributed by atoms with Crippen molar-refractivity contribution in [2.24, 2.45) is 5.92 Å². The van der Waals surface area contributed by atoms with Crippen LogP contribution in [0.5, 0.6) is 0 Å². The molecule has 6 heteroatoms. The second-order valence-corrected chi connectivity index (χ2v) is 4.72. The molecule has 1 aromatic rings. The molecule has 0 aliphatic rings. The number of nitrogens with one attached hydrogen (secondary N) is 2. The summed E-state index contributed by atoms with van der Waals surface area (Å²) in [4.78, 5) is 11.4. The van der Waals surface area contributed by atoms with Crippen LogP contribution in [0.15, 0.2) is 18.2 Å². The summed E-state index contributed by atoms with van der Waals surface area (Å²) in [6.07, 6.45) is -0.713. The van der Waals surface area contributed by atoms with Crippen LogP contribution in [0.4, 0.5) is 10.1 Å². The summed E-state index contributed by atoms with van der Waals surface area (Å²) in [6, 6.07) is 4.08. The summed E-state index contributed by atoms with van der Waals surface area (Å²) >= 11 is 5.52. The van der Waals surface area contributed by atoms with Crippen molar-refractivity contribution < 1.29 is 14.3 Å². The molecule has 0 saturated carbocycles. The molecule has 0 aliphatic carbocycles. The smallest absolute Gasteiger partial charge is 0.240 e. The van der Waals surface area contributed by atoms with Gasteiger partial charge in [-0.25, -0.2) is 4.39 Å². The van der Waals surface area contributed by atoms with Gasteiger partial charge >= 0.3 is 0 Å². The number of benzene rings is 1. The molecule has 3 N–H and O–H groups in total. The zero-order valence-electron chi connectivity index (χ0n) is 10.2.